The second kappa shape index (κ2) is 10.9. The number of benzene rings is 1. The number of H-pyrrole nitrogens is 1. The summed E-state index contributed by atoms with van der Waals surface area (Å²) in [5.41, 5.74) is 3.36. The molecule has 0 aliphatic carbocycles. The van der Waals surface area contributed by atoms with Crippen LogP contribution in [0.4, 0.5) is 11.5 Å². The summed E-state index contributed by atoms with van der Waals surface area (Å²) in [7, 11) is 3.34. The van der Waals surface area contributed by atoms with Crippen molar-refractivity contribution >= 4 is 22.3 Å². The number of nitrogens with one attached hydrogen (secondary N) is 2. The molecule has 3 aromatic heterocycles. The fourth-order valence-corrected chi connectivity index (χ4v) is 4.79. The number of methoxy groups -OCH3 is 2. The Morgan fingerprint density at radius 2 is 1.83 bits per heavy atom. The smallest absolute Gasteiger partial charge is 0.259 e. The van der Waals surface area contributed by atoms with Crippen molar-refractivity contribution in [1.82, 2.24) is 19.9 Å². The maximum absolute atomic E-state index is 12.7. The van der Waals surface area contributed by atoms with Gasteiger partial charge in [-0.25, -0.2) is 9.97 Å². The highest BCUT2D eigenvalue weighted by Gasteiger charge is 2.20. The van der Waals surface area contributed by atoms with Gasteiger partial charge in [0.2, 0.25) is 5.88 Å². The van der Waals surface area contributed by atoms with Crippen LogP contribution in [0, 0.1) is 0 Å². The predicted molar refractivity (Wildman–Crippen MR) is 142 cm³/mol. The van der Waals surface area contributed by atoms with Crippen LogP contribution in [0.2, 0.25) is 0 Å². The highest BCUT2D eigenvalue weighted by atomic mass is 16.5. The summed E-state index contributed by atoms with van der Waals surface area (Å²) in [6, 6.07) is 17.8. The van der Waals surface area contributed by atoms with Crippen LogP contribution in [0.15, 0.2) is 65.6 Å². The van der Waals surface area contributed by atoms with Crippen molar-refractivity contribution in [1.29, 1.82) is 0 Å². The van der Waals surface area contributed by atoms with E-state index in [1.807, 2.05) is 24.3 Å². The summed E-state index contributed by atoms with van der Waals surface area (Å²) in [6.07, 6.45) is 3.94. The van der Waals surface area contributed by atoms with Gasteiger partial charge in [-0.3, -0.25) is 4.79 Å². The Hall–Kier alpha value is -3.75. The summed E-state index contributed by atoms with van der Waals surface area (Å²) < 4.78 is 10.5. The van der Waals surface area contributed by atoms with Crippen LogP contribution in [-0.2, 0) is 4.74 Å². The molecule has 5 rings (SSSR count). The van der Waals surface area contributed by atoms with Crippen molar-refractivity contribution < 1.29 is 9.47 Å². The monoisotopic (exact) mass is 485 g/mol. The van der Waals surface area contributed by atoms with Gasteiger partial charge >= 0.3 is 0 Å². The first-order chi connectivity index (χ1) is 17.6. The molecular formula is C28H31N5O3. The Morgan fingerprint density at radius 1 is 1.03 bits per heavy atom. The summed E-state index contributed by atoms with van der Waals surface area (Å²) in [5, 5.41) is 4.67. The summed E-state index contributed by atoms with van der Waals surface area (Å²) >= 11 is 0. The third kappa shape index (κ3) is 5.24. The van der Waals surface area contributed by atoms with Gasteiger partial charge in [0.1, 0.15) is 5.82 Å². The molecule has 0 bridgehead atoms. The highest BCUT2D eigenvalue weighted by Crippen LogP contribution is 2.31. The lowest BCUT2D eigenvalue weighted by Gasteiger charge is -2.32. The van der Waals surface area contributed by atoms with Crippen molar-refractivity contribution in [2.75, 3.05) is 45.8 Å². The minimum absolute atomic E-state index is 0.190. The third-order valence-corrected chi connectivity index (χ3v) is 6.79. The molecule has 1 aliphatic heterocycles. The SMILES string of the molecule is COCCN1CCC(c2ccc(Nc3nc(-c4cccc(OC)n4)cc4cc[nH]c(=O)c34)cc2)CC1. The average Bonchev–Trinajstić information content (AvgIpc) is 2.92. The number of hydrogen-bond acceptors (Lipinski definition) is 7. The Morgan fingerprint density at radius 3 is 2.58 bits per heavy atom. The molecule has 1 aliphatic rings. The first kappa shape index (κ1) is 24.0. The lowest BCUT2D eigenvalue weighted by molar-refractivity contribution is 0.130. The molecule has 0 unspecified atom stereocenters. The number of fused-ring (bicyclic) bond motifs is 1. The molecule has 4 aromatic rings. The molecule has 2 N–H and O–H groups in total. The van der Waals surface area contributed by atoms with Crippen molar-refractivity contribution in [3.05, 3.63) is 76.7 Å². The lowest BCUT2D eigenvalue weighted by atomic mass is 9.89. The number of anilines is 2. The number of piperidine rings is 1. The van der Waals surface area contributed by atoms with Crippen LogP contribution >= 0.6 is 0 Å². The van der Waals surface area contributed by atoms with Crippen LogP contribution in [0.3, 0.4) is 0 Å². The molecule has 8 nitrogen and oxygen atoms in total. The molecule has 0 saturated carbocycles. The van der Waals surface area contributed by atoms with E-state index in [0.29, 0.717) is 34.4 Å². The first-order valence-electron chi connectivity index (χ1n) is 12.3. The second-order valence-electron chi connectivity index (χ2n) is 9.05. The highest BCUT2D eigenvalue weighted by molar-refractivity contribution is 5.94. The zero-order chi connectivity index (χ0) is 24.9. The summed E-state index contributed by atoms with van der Waals surface area (Å²) in [6.45, 7) is 3.97. The maximum atomic E-state index is 12.7. The van der Waals surface area contributed by atoms with Crippen LogP contribution in [0.1, 0.15) is 24.3 Å². The molecule has 0 atom stereocenters. The van der Waals surface area contributed by atoms with Gasteiger partial charge in [-0.2, -0.15) is 0 Å². The normalized spacial score (nSPS) is 14.7. The van der Waals surface area contributed by atoms with Crippen molar-refractivity contribution in [2.45, 2.75) is 18.8 Å². The van der Waals surface area contributed by atoms with Crippen LogP contribution in [0.5, 0.6) is 5.88 Å². The van der Waals surface area contributed by atoms with E-state index >= 15 is 0 Å². The molecular weight excluding hydrogens is 454 g/mol. The van der Waals surface area contributed by atoms with E-state index < -0.39 is 0 Å². The van der Waals surface area contributed by atoms with Crippen LogP contribution < -0.4 is 15.6 Å². The quantitative estimate of drug-likeness (QED) is 0.378. The van der Waals surface area contributed by atoms with Crippen LogP contribution in [-0.4, -0.2) is 60.3 Å². The van der Waals surface area contributed by atoms with Gasteiger partial charge in [0.05, 0.1) is 30.5 Å². The van der Waals surface area contributed by atoms with E-state index in [4.69, 9.17) is 14.5 Å². The summed E-state index contributed by atoms with van der Waals surface area (Å²) in [4.78, 5) is 27.2. The Labute approximate surface area is 210 Å². The second-order valence-corrected chi connectivity index (χ2v) is 9.05. The Bertz CT molecular complexity index is 1380. The van der Waals surface area contributed by atoms with Gasteiger partial charge in [-0.1, -0.05) is 18.2 Å². The van der Waals surface area contributed by atoms with E-state index in [-0.39, 0.29) is 5.56 Å². The molecule has 8 heteroatoms. The topological polar surface area (TPSA) is 92.4 Å². The van der Waals surface area contributed by atoms with Gasteiger partial charge in [-0.15, -0.1) is 0 Å². The molecule has 1 fully saturated rings. The predicted octanol–water partition coefficient (Wildman–Crippen LogP) is 4.56. The largest absolute Gasteiger partial charge is 0.481 e. The van der Waals surface area contributed by atoms with Gasteiger partial charge in [0.15, 0.2) is 0 Å². The molecule has 186 valence electrons. The molecule has 0 radical (unpaired) electrons. The number of nitrogens with zero attached hydrogens (tertiary/aromatic N) is 3. The maximum Gasteiger partial charge on any atom is 0.259 e. The van der Waals surface area contributed by atoms with Gasteiger partial charge in [0, 0.05) is 31.6 Å². The molecule has 0 amide bonds. The number of aromatic nitrogens is 3. The summed E-state index contributed by atoms with van der Waals surface area (Å²) in [5.74, 6) is 1.56. The average molecular weight is 486 g/mol. The minimum Gasteiger partial charge on any atom is -0.481 e. The van der Waals surface area contributed by atoms with E-state index in [1.54, 1.807) is 26.5 Å². The number of aromatic amines is 1. The molecule has 1 saturated heterocycles. The number of likely N-dealkylation sites (tertiary alicyclic amines) is 1. The molecule has 1 aromatic carbocycles. The van der Waals surface area contributed by atoms with Crippen molar-refractivity contribution in [3.8, 4) is 17.3 Å². The Balaban J connectivity index is 1.39. The number of ether oxygens (including phenoxy) is 2. The van der Waals surface area contributed by atoms with Crippen molar-refractivity contribution in [3.63, 3.8) is 0 Å². The van der Waals surface area contributed by atoms with Gasteiger partial charge < -0.3 is 24.7 Å². The zero-order valence-electron chi connectivity index (χ0n) is 20.7. The minimum atomic E-state index is -0.190. The Kier molecular flexibility index (Phi) is 7.25. The van der Waals surface area contributed by atoms with E-state index in [2.05, 4.69) is 44.5 Å². The zero-order valence-corrected chi connectivity index (χ0v) is 20.7. The molecule has 4 heterocycles. The third-order valence-electron chi connectivity index (χ3n) is 6.79. The fraction of sp³-hybridized carbons (Fsp3) is 0.321. The van der Waals surface area contributed by atoms with Gasteiger partial charge in [-0.05, 0) is 73.1 Å². The number of rotatable bonds is 8. The number of pyridine rings is 3. The first-order valence-corrected chi connectivity index (χ1v) is 12.3. The number of hydrogen-bond donors (Lipinski definition) is 2. The van der Waals surface area contributed by atoms with E-state index in [9.17, 15) is 4.79 Å². The van der Waals surface area contributed by atoms with E-state index in [1.165, 1.54) is 5.56 Å². The fourth-order valence-electron chi connectivity index (χ4n) is 4.79. The van der Waals surface area contributed by atoms with Crippen LogP contribution in [0.25, 0.3) is 22.2 Å². The van der Waals surface area contributed by atoms with E-state index in [0.717, 1.165) is 50.2 Å². The molecule has 0 spiro atoms. The molecule has 36 heavy (non-hydrogen) atoms. The van der Waals surface area contributed by atoms with Gasteiger partial charge in [0.25, 0.3) is 5.56 Å². The lowest BCUT2D eigenvalue weighted by Crippen LogP contribution is -2.35. The standard InChI is InChI=1S/C28H31N5O3/c1-35-17-16-33-14-11-20(12-15-33)19-6-8-22(9-7-19)30-27-26-21(10-13-29-28(26)34)18-24(32-27)23-4-3-5-25(31-23)36-2/h3-10,13,18,20H,11-12,14-17H2,1-2H3,(H,29,34)(H,30,32). The van der Waals surface area contributed by atoms with Crippen molar-refractivity contribution in [2.24, 2.45) is 0 Å².